The molecule has 4 heteroatoms. The molecule has 76 valence electrons. The predicted molar refractivity (Wildman–Crippen MR) is 56.6 cm³/mol. The second-order valence-electron chi connectivity index (χ2n) is 3.20. The summed E-state index contributed by atoms with van der Waals surface area (Å²) in [5.41, 5.74) is 6.22. The van der Waals surface area contributed by atoms with E-state index in [1.807, 2.05) is 26.4 Å². The molecule has 0 aliphatic heterocycles. The van der Waals surface area contributed by atoms with Crippen LogP contribution in [0, 0.1) is 11.8 Å². The van der Waals surface area contributed by atoms with Gasteiger partial charge in [0.2, 0.25) is 0 Å². The average molecular weight is 192 g/mol. The Bertz CT molecular complexity index is 331. The molecule has 1 rings (SSSR count). The Labute approximate surface area is 84.7 Å². The van der Waals surface area contributed by atoms with Crippen molar-refractivity contribution in [1.29, 1.82) is 0 Å². The van der Waals surface area contributed by atoms with Gasteiger partial charge in [0.15, 0.2) is 0 Å². The van der Waals surface area contributed by atoms with Crippen LogP contribution in [-0.4, -0.2) is 41.4 Å². The lowest BCUT2D eigenvalue weighted by molar-refractivity contribution is 0.386. The highest BCUT2D eigenvalue weighted by Crippen LogP contribution is 1.89. The molecule has 0 fully saturated rings. The van der Waals surface area contributed by atoms with Gasteiger partial charge in [0, 0.05) is 26.3 Å². The van der Waals surface area contributed by atoms with Crippen LogP contribution in [0.5, 0.6) is 0 Å². The van der Waals surface area contributed by atoms with Gasteiger partial charge in [0.05, 0.1) is 6.54 Å². The molecule has 1 aromatic heterocycles. The highest BCUT2D eigenvalue weighted by atomic mass is 15.2. The maximum Gasteiger partial charge on any atom is 0.135 e. The Kier molecular flexibility index (Phi) is 4.17. The lowest BCUT2D eigenvalue weighted by Crippen LogP contribution is -2.25. The van der Waals surface area contributed by atoms with Crippen LogP contribution >= 0.6 is 0 Å². The first-order valence-corrected chi connectivity index (χ1v) is 4.59. The summed E-state index contributed by atoms with van der Waals surface area (Å²) in [7, 11) is 3.88. The van der Waals surface area contributed by atoms with Crippen LogP contribution in [0.1, 0.15) is 5.69 Å². The lowest BCUT2D eigenvalue weighted by atomic mass is 10.4. The van der Waals surface area contributed by atoms with Crippen LogP contribution in [0.25, 0.3) is 0 Å². The minimum Gasteiger partial charge on any atom is -0.329 e. The van der Waals surface area contributed by atoms with E-state index in [0.29, 0.717) is 6.54 Å². The van der Waals surface area contributed by atoms with Crippen LogP contribution in [0.15, 0.2) is 12.3 Å². The average Bonchev–Trinajstić information content (AvgIpc) is 2.52. The third kappa shape index (κ3) is 3.60. The summed E-state index contributed by atoms with van der Waals surface area (Å²) in [6.45, 7) is 2.27. The van der Waals surface area contributed by atoms with E-state index >= 15 is 0 Å². The minimum absolute atomic E-state index is 0.668. The van der Waals surface area contributed by atoms with Gasteiger partial charge in [0.1, 0.15) is 5.69 Å². The molecule has 0 amide bonds. The fourth-order valence-electron chi connectivity index (χ4n) is 1.05. The molecule has 0 spiro atoms. The van der Waals surface area contributed by atoms with Crippen LogP contribution in [0.4, 0.5) is 0 Å². The highest BCUT2D eigenvalue weighted by molar-refractivity contribution is 5.25. The number of likely N-dealkylation sites (N-methyl/N-ethyl adjacent to an activating group) is 1. The van der Waals surface area contributed by atoms with E-state index in [-0.39, 0.29) is 0 Å². The third-order valence-electron chi connectivity index (χ3n) is 1.79. The molecule has 1 heterocycles. The Morgan fingerprint density at radius 2 is 2.43 bits per heavy atom. The molecule has 0 saturated carbocycles. The minimum atomic E-state index is 0.668. The molecule has 0 atom stereocenters. The standard InChI is InChI=1S/C10H16N4/c1-13(9-6-11)7-3-4-10-5-8-14(2)12-10/h5,8H,6-7,9,11H2,1-2H3. The molecule has 1 aromatic rings. The van der Waals surface area contributed by atoms with Gasteiger partial charge in [-0.3, -0.25) is 9.58 Å². The Morgan fingerprint density at radius 1 is 1.64 bits per heavy atom. The fraction of sp³-hybridized carbons (Fsp3) is 0.500. The molecule has 0 aliphatic carbocycles. The number of rotatable bonds is 3. The number of aromatic nitrogens is 2. The zero-order valence-corrected chi connectivity index (χ0v) is 8.70. The molecule has 0 unspecified atom stereocenters. The third-order valence-corrected chi connectivity index (χ3v) is 1.79. The quantitative estimate of drug-likeness (QED) is 0.667. The topological polar surface area (TPSA) is 47.1 Å². The van der Waals surface area contributed by atoms with Gasteiger partial charge < -0.3 is 5.73 Å². The molecule has 0 aromatic carbocycles. The first-order valence-electron chi connectivity index (χ1n) is 4.59. The normalized spacial score (nSPS) is 10.0. The van der Waals surface area contributed by atoms with Gasteiger partial charge in [0.25, 0.3) is 0 Å². The molecular weight excluding hydrogens is 176 g/mol. The smallest absolute Gasteiger partial charge is 0.135 e. The zero-order valence-electron chi connectivity index (χ0n) is 8.70. The van der Waals surface area contributed by atoms with E-state index < -0.39 is 0 Å². The van der Waals surface area contributed by atoms with Crippen molar-refractivity contribution in [3.8, 4) is 11.8 Å². The molecule has 2 N–H and O–H groups in total. The summed E-state index contributed by atoms with van der Waals surface area (Å²) in [5.74, 6) is 6.03. The van der Waals surface area contributed by atoms with Gasteiger partial charge in [-0.1, -0.05) is 5.92 Å². The second-order valence-corrected chi connectivity index (χ2v) is 3.20. The van der Waals surface area contributed by atoms with Gasteiger partial charge in [-0.15, -0.1) is 0 Å². The van der Waals surface area contributed by atoms with Crippen LogP contribution in [0.3, 0.4) is 0 Å². The first-order chi connectivity index (χ1) is 6.72. The molecule has 14 heavy (non-hydrogen) atoms. The monoisotopic (exact) mass is 192 g/mol. The summed E-state index contributed by atoms with van der Waals surface area (Å²) < 4.78 is 1.74. The van der Waals surface area contributed by atoms with Crippen LogP contribution in [-0.2, 0) is 7.05 Å². The largest absolute Gasteiger partial charge is 0.329 e. The van der Waals surface area contributed by atoms with Gasteiger partial charge in [-0.05, 0) is 19.0 Å². The number of nitrogens with zero attached hydrogens (tertiary/aromatic N) is 3. The second kappa shape index (κ2) is 5.43. The number of nitrogens with two attached hydrogens (primary N) is 1. The van der Waals surface area contributed by atoms with Crippen molar-refractivity contribution in [2.75, 3.05) is 26.7 Å². The van der Waals surface area contributed by atoms with Crippen LogP contribution < -0.4 is 5.73 Å². The summed E-state index contributed by atoms with van der Waals surface area (Å²) in [5, 5.41) is 4.15. The predicted octanol–water partition coefficient (Wildman–Crippen LogP) is -0.338. The van der Waals surface area contributed by atoms with Crippen molar-refractivity contribution in [1.82, 2.24) is 14.7 Å². The Morgan fingerprint density at radius 3 is 3.00 bits per heavy atom. The molecule has 0 bridgehead atoms. The maximum atomic E-state index is 5.41. The van der Waals surface area contributed by atoms with Crippen molar-refractivity contribution in [2.45, 2.75) is 0 Å². The first kappa shape index (κ1) is 10.8. The molecule has 0 aliphatic rings. The SMILES string of the molecule is CN(CC#Cc1ccn(C)n1)CCN. The van der Waals surface area contributed by atoms with E-state index in [2.05, 4.69) is 21.8 Å². The van der Waals surface area contributed by atoms with Crippen molar-refractivity contribution < 1.29 is 0 Å². The summed E-state index contributed by atoms with van der Waals surface area (Å²) >= 11 is 0. The molecule has 0 saturated heterocycles. The molecular formula is C10H16N4. The summed E-state index contributed by atoms with van der Waals surface area (Å²) in [4.78, 5) is 2.08. The number of aryl methyl sites for hydroxylation is 1. The lowest BCUT2D eigenvalue weighted by Gasteiger charge is -2.09. The number of hydrogen-bond acceptors (Lipinski definition) is 3. The van der Waals surface area contributed by atoms with E-state index in [9.17, 15) is 0 Å². The highest BCUT2D eigenvalue weighted by Gasteiger charge is 1.92. The van der Waals surface area contributed by atoms with Crippen LogP contribution in [0.2, 0.25) is 0 Å². The zero-order chi connectivity index (χ0) is 10.4. The van der Waals surface area contributed by atoms with Crippen molar-refractivity contribution >= 4 is 0 Å². The van der Waals surface area contributed by atoms with Crippen molar-refractivity contribution in [3.05, 3.63) is 18.0 Å². The number of hydrogen-bond donors (Lipinski definition) is 1. The van der Waals surface area contributed by atoms with Gasteiger partial charge in [-0.2, -0.15) is 5.10 Å². The Hall–Kier alpha value is -1.31. The summed E-state index contributed by atoms with van der Waals surface area (Å²) in [6, 6.07) is 1.90. The van der Waals surface area contributed by atoms with Crippen molar-refractivity contribution in [3.63, 3.8) is 0 Å². The molecule has 4 nitrogen and oxygen atoms in total. The Balaban J connectivity index is 2.40. The van der Waals surface area contributed by atoms with E-state index in [4.69, 9.17) is 5.73 Å². The van der Waals surface area contributed by atoms with E-state index in [1.165, 1.54) is 0 Å². The van der Waals surface area contributed by atoms with Crippen molar-refractivity contribution in [2.24, 2.45) is 12.8 Å². The van der Waals surface area contributed by atoms with Gasteiger partial charge >= 0.3 is 0 Å². The van der Waals surface area contributed by atoms with Gasteiger partial charge in [-0.25, -0.2) is 0 Å². The van der Waals surface area contributed by atoms with E-state index in [0.717, 1.165) is 18.8 Å². The van der Waals surface area contributed by atoms with E-state index in [1.54, 1.807) is 4.68 Å². The maximum absolute atomic E-state index is 5.41. The fourth-order valence-corrected chi connectivity index (χ4v) is 1.05. The summed E-state index contributed by atoms with van der Waals surface area (Å²) in [6.07, 6.45) is 1.88. The molecule has 0 radical (unpaired) electrons.